The van der Waals surface area contributed by atoms with Crippen LogP contribution in [0.2, 0.25) is 0 Å². The average molecular weight is 407 g/mol. The summed E-state index contributed by atoms with van der Waals surface area (Å²) in [5, 5.41) is 28.5. The van der Waals surface area contributed by atoms with Gasteiger partial charge in [-0.1, -0.05) is 58.3 Å². The molecule has 3 N–H and O–H groups in total. The van der Waals surface area contributed by atoms with Crippen molar-refractivity contribution in [2.75, 3.05) is 26.4 Å². The second-order valence-electron chi connectivity index (χ2n) is 7.29. The van der Waals surface area contributed by atoms with E-state index in [9.17, 15) is 20.1 Å². The van der Waals surface area contributed by atoms with Crippen molar-refractivity contribution in [3.05, 3.63) is 0 Å². The Hall–Kier alpha value is -0.770. The molecule has 0 amide bonds. The highest BCUT2D eigenvalue weighted by Crippen LogP contribution is 2.20. The predicted molar refractivity (Wildman–Crippen MR) is 102 cm³/mol. The summed E-state index contributed by atoms with van der Waals surface area (Å²) in [7, 11) is 0. The maximum absolute atomic E-state index is 11.8. The van der Waals surface area contributed by atoms with Crippen molar-refractivity contribution < 1.29 is 39.4 Å². The summed E-state index contributed by atoms with van der Waals surface area (Å²) in [4.78, 5) is 20.3. The molecule has 0 aliphatic carbocycles. The first kappa shape index (κ1) is 25.3. The fourth-order valence-electron chi connectivity index (χ4n) is 3.05. The van der Waals surface area contributed by atoms with Gasteiger partial charge in [-0.25, -0.2) is 9.78 Å². The van der Waals surface area contributed by atoms with Crippen LogP contribution in [-0.2, 0) is 24.0 Å². The molecule has 2 fully saturated rings. The summed E-state index contributed by atoms with van der Waals surface area (Å²) in [6, 6.07) is 0. The van der Waals surface area contributed by atoms with Crippen LogP contribution in [0.25, 0.3) is 0 Å². The zero-order valence-electron chi connectivity index (χ0n) is 17.1. The van der Waals surface area contributed by atoms with Gasteiger partial charge in [-0.3, -0.25) is 4.79 Å². The molecule has 0 unspecified atom stereocenters. The van der Waals surface area contributed by atoms with Crippen LogP contribution < -0.4 is 0 Å². The molecule has 2 heterocycles. The summed E-state index contributed by atoms with van der Waals surface area (Å²) < 4.78 is 10.4. The normalized spacial score (nSPS) is 24.8. The van der Waals surface area contributed by atoms with Crippen molar-refractivity contribution in [1.82, 2.24) is 0 Å². The van der Waals surface area contributed by atoms with Crippen LogP contribution in [0.15, 0.2) is 0 Å². The summed E-state index contributed by atoms with van der Waals surface area (Å²) in [5.41, 5.74) is 0. The number of unbranched alkanes of at least 4 members (excludes halogenated alkanes) is 8. The third-order valence-corrected chi connectivity index (χ3v) is 4.84. The Morgan fingerprint density at radius 2 is 1.54 bits per heavy atom. The van der Waals surface area contributed by atoms with E-state index in [0.29, 0.717) is 6.42 Å². The molecular weight excluding hydrogens is 368 g/mol. The number of hydrogen-bond donors (Lipinski definition) is 3. The third kappa shape index (κ3) is 10.7. The van der Waals surface area contributed by atoms with Gasteiger partial charge in [-0.05, 0) is 6.42 Å². The number of carbonyl (C=O) groups is 1. The molecule has 0 spiro atoms. The van der Waals surface area contributed by atoms with Gasteiger partial charge in [-0.2, -0.15) is 0 Å². The van der Waals surface area contributed by atoms with Gasteiger partial charge in [0.15, 0.2) is 6.10 Å². The predicted octanol–water partition coefficient (Wildman–Crippen LogP) is 1.88. The zero-order chi connectivity index (χ0) is 20.6. The molecule has 2 rings (SSSR count). The van der Waals surface area contributed by atoms with E-state index in [0.717, 1.165) is 32.5 Å². The van der Waals surface area contributed by atoms with Gasteiger partial charge in [0.2, 0.25) is 0 Å². The number of aliphatic hydroxyl groups is 3. The summed E-state index contributed by atoms with van der Waals surface area (Å²) in [5.74, 6) is -0.394. The average Bonchev–Trinajstić information content (AvgIpc) is 2.96. The van der Waals surface area contributed by atoms with E-state index < -0.39 is 37.0 Å². The van der Waals surface area contributed by atoms with Crippen LogP contribution in [0.4, 0.5) is 0 Å². The highest BCUT2D eigenvalue weighted by atomic mass is 17.2. The largest absolute Gasteiger partial charge is 0.457 e. The topological polar surface area (TPSA) is 115 Å². The van der Waals surface area contributed by atoms with Gasteiger partial charge in [0.05, 0.1) is 13.2 Å². The lowest BCUT2D eigenvalue weighted by Gasteiger charge is -2.24. The number of esters is 1. The molecule has 2 saturated heterocycles. The van der Waals surface area contributed by atoms with Gasteiger partial charge in [0, 0.05) is 6.42 Å². The third-order valence-electron chi connectivity index (χ3n) is 4.84. The molecule has 2 aliphatic rings. The van der Waals surface area contributed by atoms with E-state index >= 15 is 0 Å². The van der Waals surface area contributed by atoms with Gasteiger partial charge in [-0.15, -0.1) is 0 Å². The van der Waals surface area contributed by atoms with Crippen molar-refractivity contribution in [2.24, 2.45) is 0 Å². The molecule has 0 aromatic rings. The minimum Gasteiger partial charge on any atom is -0.457 e. The molecule has 0 aromatic heterocycles. The van der Waals surface area contributed by atoms with Crippen molar-refractivity contribution in [3.8, 4) is 0 Å². The Balaban J connectivity index is 0.000000863. The van der Waals surface area contributed by atoms with Gasteiger partial charge < -0.3 is 24.8 Å². The molecule has 0 bridgehead atoms. The molecule has 8 nitrogen and oxygen atoms in total. The number of carbonyl (C=O) groups excluding carboxylic acids is 1. The zero-order valence-corrected chi connectivity index (χ0v) is 17.1. The number of ether oxygens (including phenoxy) is 2. The smallest absolute Gasteiger partial charge is 0.306 e. The van der Waals surface area contributed by atoms with E-state index in [1.165, 1.54) is 38.5 Å². The van der Waals surface area contributed by atoms with E-state index in [-0.39, 0.29) is 6.61 Å². The van der Waals surface area contributed by atoms with Crippen molar-refractivity contribution in [2.45, 2.75) is 95.5 Å². The maximum atomic E-state index is 11.8. The lowest BCUT2D eigenvalue weighted by molar-refractivity contribution is -0.382. The van der Waals surface area contributed by atoms with Crippen molar-refractivity contribution >= 4 is 5.97 Å². The van der Waals surface area contributed by atoms with Crippen LogP contribution in [0, 0.1) is 0 Å². The molecule has 4 atom stereocenters. The Morgan fingerprint density at radius 3 is 1.96 bits per heavy atom. The number of hydrogen-bond acceptors (Lipinski definition) is 8. The lowest BCUT2D eigenvalue weighted by atomic mass is 10.1. The van der Waals surface area contributed by atoms with Crippen LogP contribution in [0.1, 0.15) is 71.1 Å². The Kier molecular flexibility index (Phi) is 14.5. The number of rotatable bonds is 13. The second kappa shape index (κ2) is 16.1. The summed E-state index contributed by atoms with van der Waals surface area (Å²) >= 11 is 0. The van der Waals surface area contributed by atoms with Crippen molar-refractivity contribution in [3.63, 3.8) is 0 Å². The molecule has 0 aromatic carbocycles. The van der Waals surface area contributed by atoms with Gasteiger partial charge in [0.1, 0.15) is 31.5 Å². The summed E-state index contributed by atoms with van der Waals surface area (Å²) in [6.07, 6.45) is 6.91. The molecule has 2 aliphatic heterocycles. The Morgan fingerprint density at radius 1 is 1.00 bits per heavy atom. The lowest BCUT2D eigenvalue weighted by Crippen LogP contribution is -2.43. The van der Waals surface area contributed by atoms with Crippen LogP contribution in [0.3, 0.4) is 0 Å². The second-order valence-corrected chi connectivity index (χ2v) is 7.29. The molecule has 166 valence electrons. The molecule has 28 heavy (non-hydrogen) atoms. The minimum absolute atomic E-state index is 0.0157. The SMILES string of the molecule is C1COO1.CCCCCCCCCCCC(=O)O[C@H](CO)[C@H]1OC[C@H](O)[C@H]1O. The highest BCUT2D eigenvalue weighted by molar-refractivity contribution is 5.69. The quantitative estimate of drug-likeness (QED) is 0.241. The molecule has 0 saturated carbocycles. The standard InChI is InChI=1S/C18H34O6.C2H4O2/c1-2-3-4-5-6-7-8-9-10-11-16(21)24-15(12-19)18-17(22)14(20)13-23-18;1-2-4-3-1/h14-15,17-20,22H,2-13H2,1H3;1-2H2/t14-,15+,17+,18+;/m0./s1. The first-order valence-corrected chi connectivity index (χ1v) is 10.6. The van der Waals surface area contributed by atoms with Crippen LogP contribution in [-0.4, -0.2) is 72.1 Å². The molecular formula is C20H38O8. The Bertz CT molecular complexity index is 384. The fraction of sp³-hybridized carbons (Fsp3) is 0.950. The molecule has 0 radical (unpaired) electrons. The first-order chi connectivity index (χ1) is 13.6. The van der Waals surface area contributed by atoms with E-state index in [2.05, 4.69) is 16.7 Å². The highest BCUT2D eigenvalue weighted by Gasteiger charge is 2.41. The number of aliphatic hydroxyl groups excluding tert-OH is 3. The molecule has 8 heteroatoms. The monoisotopic (exact) mass is 406 g/mol. The van der Waals surface area contributed by atoms with E-state index in [1.54, 1.807) is 0 Å². The van der Waals surface area contributed by atoms with Gasteiger partial charge in [0.25, 0.3) is 0 Å². The summed E-state index contributed by atoms with van der Waals surface area (Å²) in [6.45, 7) is 3.32. The van der Waals surface area contributed by atoms with E-state index in [1.807, 2.05) is 0 Å². The van der Waals surface area contributed by atoms with Gasteiger partial charge >= 0.3 is 5.97 Å². The maximum Gasteiger partial charge on any atom is 0.306 e. The van der Waals surface area contributed by atoms with Crippen LogP contribution in [0.5, 0.6) is 0 Å². The minimum atomic E-state index is -1.14. The Labute approximate surface area is 168 Å². The van der Waals surface area contributed by atoms with Crippen molar-refractivity contribution in [1.29, 1.82) is 0 Å². The van der Waals surface area contributed by atoms with E-state index in [4.69, 9.17) is 9.47 Å². The first-order valence-electron chi connectivity index (χ1n) is 10.6. The fourth-order valence-corrected chi connectivity index (χ4v) is 3.05. The van der Waals surface area contributed by atoms with Crippen LogP contribution >= 0.6 is 0 Å².